The first-order valence-electron chi connectivity index (χ1n) is 7.61. The van der Waals surface area contributed by atoms with Crippen LogP contribution in [0, 0.1) is 0 Å². The van der Waals surface area contributed by atoms with Gasteiger partial charge in [-0.15, -0.1) is 0 Å². The maximum atomic E-state index is 5.41. The molecule has 0 bridgehead atoms. The van der Waals surface area contributed by atoms with Gasteiger partial charge in [0.05, 0.1) is 5.69 Å². The van der Waals surface area contributed by atoms with Gasteiger partial charge in [-0.1, -0.05) is 30.3 Å². The van der Waals surface area contributed by atoms with Crippen LogP contribution in [0.3, 0.4) is 0 Å². The van der Waals surface area contributed by atoms with Crippen molar-refractivity contribution in [3.8, 4) is 22.8 Å². The van der Waals surface area contributed by atoms with Crippen LogP contribution >= 0.6 is 0 Å². The Balaban J connectivity index is 1.67. The van der Waals surface area contributed by atoms with Crippen molar-refractivity contribution in [1.29, 1.82) is 0 Å². The van der Waals surface area contributed by atoms with Crippen molar-refractivity contribution < 1.29 is 9.47 Å². The molecule has 0 fully saturated rings. The van der Waals surface area contributed by atoms with Gasteiger partial charge in [-0.3, -0.25) is 0 Å². The molecule has 120 valence electrons. The van der Waals surface area contributed by atoms with E-state index < -0.39 is 0 Å². The maximum absolute atomic E-state index is 5.41. The summed E-state index contributed by atoms with van der Waals surface area (Å²) < 4.78 is 10.7. The molecule has 0 atom stereocenters. The Morgan fingerprint density at radius 2 is 1.75 bits per heavy atom. The van der Waals surface area contributed by atoms with Crippen LogP contribution in [0.15, 0.2) is 54.6 Å². The molecular weight excluding hydrogens is 304 g/mol. The van der Waals surface area contributed by atoms with Crippen molar-refractivity contribution in [2.75, 3.05) is 24.5 Å². The number of rotatable bonds is 4. The predicted molar refractivity (Wildman–Crippen MR) is 92.9 cm³/mol. The quantitative estimate of drug-likeness (QED) is 0.764. The molecule has 1 aliphatic heterocycles. The Kier molecular flexibility index (Phi) is 3.63. The minimum Gasteiger partial charge on any atom is -0.454 e. The summed E-state index contributed by atoms with van der Waals surface area (Å²) in [5.41, 5.74) is 2.75. The third-order valence-corrected chi connectivity index (χ3v) is 3.66. The lowest BCUT2D eigenvalue weighted by Gasteiger charge is -2.10. The minimum atomic E-state index is 0.258. The Morgan fingerprint density at radius 3 is 2.58 bits per heavy atom. The fourth-order valence-electron chi connectivity index (χ4n) is 2.50. The molecule has 2 aromatic carbocycles. The van der Waals surface area contributed by atoms with Gasteiger partial charge in [0.25, 0.3) is 0 Å². The number of ether oxygens (including phenoxy) is 2. The Morgan fingerprint density at radius 1 is 0.917 bits per heavy atom. The largest absolute Gasteiger partial charge is 0.454 e. The lowest BCUT2D eigenvalue weighted by Crippen LogP contribution is -2.02. The van der Waals surface area contributed by atoms with Crippen molar-refractivity contribution in [3.05, 3.63) is 54.6 Å². The standard InChI is InChI=1S/C18H16N4O2/c1-19-18-21-14(12-5-3-2-4-6-12)10-17(22-18)20-13-7-8-15-16(9-13)24-11-23-15/h2-10H,11H2,1H3,(H2,19,20,21,22). The molecule has 2 N–H and O–H groups in total. The molecule has 4 rings (SSSR count). The highest BCUT2D eigenvalue weighted by Gasteiger charge is 2.14. The third-order valence-electron chi connectivity index (χ3n) is 3.66. The Hall–Kier alpha value is -3.28. The van der Waals surface area contributed by atoms with Gasteiger partial charge in [0, 0.05) is 30.4 Å². The zero-order chi connectivity index (χ0) is 16.4. The molecule has 1 aliphatic rings. The van der Waals surface area contributed by atoms with Crippen molar-refractivity contribution >= 4 is 17.5 Å². The molecule has 0 saturated heterocycles. The number of nitrogens with zero attached hydrogens (tertiary/aromatic N) is 2. The summed E-state index contributed by atoms with van der Waals surface area (Å²) >= 11 is 0. The van der Waals surface area contributed by atoms with Crippen LogP contribution in [0.4, 0.5) is 17.5 Å². The third kappa shape index (κ3) is 2.81. The molecule has 3 aromatic rings. The van der Waals surface area contributed by atoms with E-state index in [0.717, 1.165) is 28.4 Å². The monoisotopic (exact) mass is 320 g/mol. The summed E-state index contributed by atoms with van der Waals surface area (Å²) in [5.74, 6) is 2.74. The zero-order valence-corrected chi connectivity index (χ0v) is 13.1. The summed E-state index contributed by atoms with van der Waals surface area (Å²) in [6.45, 7) is 0.258. The fraction of sp³-hybridized carbons (Fsp3) is 0.111. The fourth-order valence-corrected chi connectivity index (χ4v) is 2.50. The Labute approximate surface area is 139 Å². The normalized spacial score (nSPS) is 12.0. The summed E-state index contributed by atoms with van der Waals surface area (Å²) in [5, 5.41) is 6.29. The van der Waals surface area contributed by atoms with E-state index in [4.69, 9.17) is 9.47 Å². The van der Waals surface area contributed by atoms with Crippen molar-refractivity contribution in [2.24, 2.45) is 0 Å². The van der Waals surface area contributed by atoms with E-state index in [0.29, 0.717) is 11.8 Å². The smallest absolute Gasteiger partial charge is 0.231 e. The molecule has 0 saturated carbocycles. The van der Waals surface area contributed by atoms with E-state index in [1.807, 2.05) is 54.6 Å². The summed E-state index contributed by atoms with van der Waals surface area (Å²) in [4.78, 5) is 8.98. The van der Waals surface area contributed by atoms with Crippen molar-refractivity contribution in [3.63, 3.8) is 0 Å². The van der Waals surface area contributed by atoms with Gasteiger partial charge in [0.1, 0.15) is 5.82 Å². The molecule has 0 radical (unpaired) electrons. The van der Waals surface area contributed by atoms with Crippen LogP contribution in [-0.4, -0.2) is 23.8 Å². The summed E-state index contributed by atoms with van der Waals surface area (Å²) in [6, 6.07) is 17.6. The predicted octanol–water partition coefficient (Wildman–Crippen LogP) is 3.66. The number of hydrogen-bond donors (Lipinski definition) is 2. The first-order chi connectivity index (χ1) is 11.8. The number of hydrogen-bond acceptors (Lipinski definition) is 6. The lowest BCUT2D eigenvalue weighted by molar-refractivity contribution is 0.174. The second kappa shape index (κ2) is 6.08. The SMILES string of the molecule is CNc1nc(Nc2ccc3c(c2)OCO3)cc(-c2ccccc2)n1. The van der Waals surface area contributed by atoms with E-state index >= 15 is 0 Å². The summed E-state index contributed by atoms with van der Waals surface area (Å²) in [6.07, 6.45) is 0. The van der Waals surface area contributed by atoms with Gasteiger partial charge in [-0.25, -0.2) is 4.98 Å². The maximum Gasteiger partial charge on any atom is 0.231 e. The first kappa shape index (κ1) is 14.3. The van der Waals surface area contributed by atoms with Crippen LogP contribution < -0.4 is 20.1 Å². The van der Waals surface area contributed by atoms with Crippen LogP contribution in [0.25, 0.3) is 11.3 Å². The molecule has 0 amide bonds. The Bertz CT molecular complexity index is 868. The minimum absolute atomic E-state index is 0.258. The van der Waals surface area contributed by atoms with E-state index in [1.54, 1.807) is 7.05 Å². The number of benzene rings is 2. The molecule has 2 heterocycles. The highest BCUT2D eigenvalue weighted by Crippen LogP contribution is 2.35. The first-order valence-corrected chi connectivity index (χ1v) is 7.61. The van der Waals surface area contributed by atoms with Crippen LogP contribution in [0.2, 0.25) is 0 Å². The second-order valence-corrected chi connectivity index (χ2v) is 5.27. The van der Waals surface area contributed by atoms with Crippen molar-refractivity contribution in [1.82, 2.24) is 9.97 Å². The molecule has 0 aliphatic carbocycles. The molecular formula is C18H16N4O2. The van der Waals surface area contributed by atoms with Gasteiger partial charge in [-0.05, 0) is 12.1 Å². The van der Waals surface area contributed by atoms with Crippen LogP contribution in [0.1, 0.15) is 0 Å². The second-order valence-electron chi connectivity index (χ2n) is 5.27. The van der Waals surface area contributed by atoms with Crippen LogP contribution in [-0.2, 0) is 0 Å². The van der Waals surface area contributed by atoms with Gasteiger partial charge in [0.2, 0.25) is 12.7 Å². The molecule has 6 heteroatoms. The van der Waals surface area contributed by atoms with E-state index in [9.17, 15) is 0 Å². The number of fused-ring (bicyclic) bond motifs is 1. The average Bonchev–Trinajstić information content (AvgIpc) is 3.10. The van der Waals surface area contributed by atoms with E-state index in [-0.39, 0.29) is 6.79 Å². The topological polar surface area (TPSA) is 68.3 Å². The van der Waals surface area contributed by atoms with Gasteiger partial charge < -0.3 is 20.1 Å². The average molecular weight is 320 g/mol. The zero-order valence-electron chi connectivity index (χ0n) is 13.1. The van der Waals surface area contributed by atoms with Gasteiger partial charge in [0.15, 0.2) is 11.5 Å². The molecule has 6 nitrogen and oxygen atoms in total. The highest BCUT2D eigenvalue weighted by molar-refractivity contribution is 5.68. The van der Waals surface area contributed by atoms with E-state index in [1.165, 1.54) is 0 Å². The van der Waals surface area contributed by atoms with Crippen molar-refractivity contribution in [2.45, 2.75) is 0 Å². The summed E-state index contributed by atoms with van der Waals surface area (Å²) in [7, 11) is 1.80. The highest BCUT2D eigenvalue weighted by atomic mass is 16.7. The number of aromatic nitrogens is 2. The van der Waals surface area contributed by atoms with Gasteiger partial charge in [-0.2, -0.15) is 4.98 Å². The molecule has 24 heavy (non-hydrogen) atoms. The van der Waals surface area contributed by atoms with Gasteiger partial charge >= 0.3 is 0 Å². The lowest BCUT2D eigenvalue weighted by atomic mass is 10.1. The number of anilines is 3. The van der Waals surface area contributed by atoms with E-state index in [2.05, 4.69) is 20.6 Å². The molecule has 1 aromatic heterocycles. The molecule has 0 unspecified atom stereocenters. The molecule has 0 spiro atoms. The number of nitrogens with one attached hydrogen (secondary N) is 2. The van der Waals surface area contributed by atoms with Crippen LogP contribution in [0.5, 0.6) is 11.5 Å².